The Labute approximate surface area is 175 Å². The number of halogens is 3. The van der Waals surface area contributed by atoms with Crippen molar-refractivity contribution < 1.29 is 22.7 Å². The molecule has 0 unspecified atom stereocenters. The Kier molecular flexibility index (Phi) is 6.30. The first-order valence-electron chi connectivity index (χ1n) is 9.84. The van der Waals surface area contributed by atoms with Gasteiger partial charge in [-0.25, -0.2) is 15.0 Å². The van der Waals surface area contributed by atoms with Crippen molar-refractivity contribution >= 4 is 17.2 Å². The standard InChI is InChI=1S/C19H22F3N5O2S/c20-19(21,22)18-24-8-12(9-25-18)15(27-4-6-29-7-5-27)10-23-17(28)13-2-1-3-14-16(13)30-11-26-14/h8-9,11,13,15H,1-7,10H2,(H,23,28)/t13-,15-/m1/s1. The van der Waals surface area contributed by atoms with Gasteiger partial charge in [-0.15, -0.1) is 11.3 Å². The van der Waals surface area contributed by atoms with E-state index in [9.17, 15) is 18.0 Å². The van der Waals surface area contributed by atoms with Crippen molar-refractivity contribution in [2.75, 3.05) is 32.8 Å². The Balaban J connectivity index is 1.49. The van der Waals surface area contributed by atoms with Gasteiger partial charge in [-0.05, 0) is 19.3 Å². The van der Waals surface area contributed by atoms with E-state index in [4.69, 9.17) is 4.74 Å². The molecule has 3 heterocycles. The van der Waals surface area contributed by atoms with Crippen LogP contribution < -0.4 is 5.32 Å². The Morgan fingerprint density at radius 1 is 1.27 bits per heavy atom. The van der Waals surface area contributed by atoms with Crippen LogP contribution in [0.5, 0.6) is 0 Å². The fraction of sp³-hybridized carbons (Fsp3) is 0.579. The molecule has 0 radical (unpaired) electrons. The monoisotopic (exact) mass is 441 g/mol. The van der Waals surface area contributed by atoms with Crippen molar-refractivity contribution in [2.45, 2.75) is 37.4 Å². The Morgan fingerprint density at radius 3 is 2.70 bits per heavy atom. The van der Waals surface area contributed by atoms with Gasteiger partial charge in [0.25, 0.3) is 0 Å². The summed E-state index contributed by atoms with van der Waals surface area (Å²) < 4.78 is 43.8. The molecule has 4 rings (SSSR count). The Hall–Kier alpha value is -2.11. The number of aryl methyl sites for hydroxylation is 1. The van der Waals surface area contributed by atoms with Gasteiger partial charge in [0, 0.05) is 42.5 Å². The minimum Gasteiger partial charge on any atom is -0.379 e. The number of nitrogens with one attached hydrogen (secondary N) is 1. The van der Waals surface area contributed by atoms with Gasteiger partial charge in [0.05, 0.1) is 36.4 Å². The molecule has 2 atom stereocenters. The summed E-state index contributed by atoms with van der Waals surface area (Å²) in [5.74, 6) is -1.47. The van der Waals surface area contributed by atoms with Crippen LogP contribution in [0.25, 0.3) is 0 Å². The van der Waals surface area contributed by atoms with Gasteiger partial charge in [0.15, 0.2) is 0 Å². The zero-order valence-corrected chi connectivity index (χ0v) is 17.0. The summed E-state index contributed by atoms with van der Waals surface area (Å²) in [7, 11) is 0. The van der Waals surface area contributed by atoms with Crippen LogP contribution >= 0.6 is 11.3 Å². The molecule has 2 aromatic heterocycles. The Morgan fingerprint density at radius 2 is 2.00 bits per heavy atom. The van der Waals surface area contributed by atoms with E-state index in [1.807, 2.05) is 0 Å². The predicted molar refractivity (Wildman–Crippen MR) is 103 cm³/mol. The number of hydrogen-bond acceptors (Lipinski definition) is 7. The van der Waals surface area contributed by atoms with Crippen molar-refractivity contribution in [2.24, 2.45) is 0 Å². The third-order valence-corrected chi connectivity index (χ3v) is 6.46. The van der Waals surface area contributed by atoms with E-state index in [-0.39, 0.29) is 24.4 Å². The van der Waals surface area contributed by atoms with E-state index in [1.54, 1.807) is 5.51 Å². The van der Waals surface area contributed by atoms with E-state index in [2.05, 4.69) is 25.2 Å². The van der Waals surface area contributed by atoms with Gasteiger partial charge in [0.1, 0.15) is 0 Å². The van der Waals surface area contributed by atoms with E-state index in [0.29, 0.717) is 31.9 Å². The van der Waals surface area contributed by atoms with E-state index in [1.165, 1.54) is 23.7 Å². The SMILES string of the molecule is O=C(NC[C@H](c1cnc(C(F)(F)F)nc1)N1CCOCC1)[C@@H]1CCCc2ncsc21. The number of amides is 1. The lowest BCUT2D eigenvalue weighted by Crippen LogP contribution is -2.44. The van der Waals surface area contributed by atoms with Crippen molar-refractivity contribution in [3.63, 3.8) is 0 Å². The topological polar surface area (TPSA) is 80.2 Å². The molecule has 1 N–H and O–H groups in total. The highest BCUT2D eigenvalue weighted by molar-refractivity contribution is 7.10. The predicted octanol–water partition coefficient (Wildman–Crippen LogP) is 2.56. The molecule has 30 heavy (non-hydrogen) atoms. The number of morpholine rings is 1. The number of ether oxygens (including phenoxy) is 1. The molecule has 2 aromatic rings. The summed E-state index contributed by atoms with van der Waals surface area (Å²) in [5.41, 5.74) is 3.30. The number of aromatic nitrogens is 3. The van der Waals surface area contributed by atoms with Gasteiger partial charge in [-0.1, -0.05) is 0 Å². The van der Waals surface area contributed by atoms with E-state index < -0.39 is 12.0 Å². The number of thiazole rings is 1. The first kappa shape index (κ1) is 21.1. The average Bonchev–Trinajstić information content (AvgIpc) is 3.23. The molecule has 1 saturated heterocycles. The molecule has 0 aromatic carbocycles. The molecule has 1 amide bonds. The summed E-state index contributed by atoms with van der Waals surface area (Å²) in [5, 5.41) is 3.00. The average molecular weight is 441 g/mol. The molecule has 0 saturated carbocycles. The summed E-state index contributed by atoms with van der Waals surface area (Å²) in [6.07, 6.45) is 0.381. The summed E-state index contributed by atoms with van der Waals surface area (Å²) in [6, 6.07) is -0.329. The van der Waals surface area contributed by atoms with Crippen LogP contribution in [0.2, 0.25) is 0 Å². The van der Waals surface area contributed by atoms with Crippen molar-refractivity contribution in [3.05, 3.63) is 39.9 Å². The van der Waals surface area contributed by atoms with E-state index in [0.717, 1.165) is 29.8 Å². The lowest BCUT2D eigenvalue weighted by molar-refractivity contribution is -0.145. The summed E-state index contributed by atoms with van der Waals surface area (Å²) in [6.45, 7) is 2.55. The highest BCUT2D eigenvalue weighted by Gasteiger charge is 2.35. The summed E-state index contributed by atoms with van der Waals surface area (Å²) >= 11 is 1.50. The molecule has 162 valence electrons. The highest BCUT2D eigenvalue weighted by Crippen LogP contribution is 2.34. The van der Waals surface area contributed by atoms with Crippen LogP contribution in [0.1, 0.15) is 46.8 Å². The smallest absolute Gasteiger partial charge is 0.379 e. The third-order valence-electron chi connectivity index (χ3n) is 5.48. The number of carbonyl (C=O) groups excluding carboxylic acids is 1. The lowest BCUT2D eigenvalue weighted by Gasteiger charge is -2.35. The fourth-order valence-electron chi connectivity index (χ4n) is 3.93. The Bertz CT molecular complexity index is 868. The van der Waals surface area contributed by atoms with Gasteiger partial charge < -0.3 is 10.1 Å². The molecule has 1 aliphatic carbocycles. The number of hydrogen-bond donors (Lipinski definition) is 1. The second-order valence-corrected chi connectivity index (χ2v) is 8.24. The van der Waals surface area contributed by atoms with E-state index >= 15 is 0 Å². The second-order valence-electron chi connectivity index (χ2n) is 7.36. The molecule has 1 aliphatic heterocycles. The maximum Gasteiger partial charge on any atom is 0.451 e. The van der Waals surface area contributed by atoms with Crippen LogP contribution in [-0.2, 0) is 22.1 Å². The van der Waals surface area contributed by atoms with Crippen LogP contribution in [0, 0.1) is 0 Å². The minimum absolute atomic E-state index is 0.0775. The fourth-order valence-corrected chi connectivity index (χ4v) is 4.90. The first-order chi connectivity index (χ1) is 14.4. The maximum absolute atomic E-state index is 12.9. The van der Waals surface area contributed by atoms with Gasteiger partial charge >= 0.3 is 6.18 Å². The van der Waals surface area contributed by atoms with Crippen molar-refractivity contribution in [1.29, 1.82) is 0 Å². The second kappa shape index (κ2) is 8.94. The van der Waals surface area contributed by atoms with Crippen molar-refractivity contribution in [3.8, 4) is 0 Å². The largest absolute Gasteiger partial charge is 0.451 e. The van der Waals surface area contributed by atoms with Gasteiger partial charge in [0.2, 0.25) is 11.7 Å². The number of alkyl halides is 3. The molecule has 1 fully saturated rings. The maximum atomic E-state index is 12.9. The van der Waals surface area contributed by atoms with Crippen LogP contribution in [-0.4, -0.2) is 58.6 Å². The number of fused-ring (bicyclic) bond motifs is 1. The quantitative estimate of drug-likeness (QED) is 0.768. The summed E-state index contributed by atoms with van der Waals surface area (Å²) in [4.78, 5) is 27.3. The zero-order valence-electron chi connectivity index (χ0n) is 16.2. The van der Waals surface area contributed by atoms with Crippen LogP contribution in [0.4, 0.5) is 13.2 Å². The molecular weight excluding hydrogens is 419 g/mol. The molecule has 0 bridgehead atoms. The number of rotatable bonds is 5. The van der Waals surface area contributed by atoms with Crippen molar-refractivity contribution in [1.82, 2.24) is 25.2 Å². The lowest BCUT2D eigenvalue weighted by atomic mass is 9.91. The zero-order chi connectivity index (χ0) is 21.1. The highest BCUT2D eigenvalue weighted by atomic mass is 32.1. The first-order valence-corrected chi connectivity index (χ1v) is 10.7. The molecule has 11 heteroatoms. The minimum atomic E-state index is -4.59. The van der Waals surface area contributed by atoms with Gasteiger partial charge in [-0.3, -0.25) is 9.69 Å². The normalized spacial score (nSPS) is 21.1. The van der Waals surface area contributed by atoms with Gasteiger partial charge in [-0.2, -0.15) is 13.2 Å². The third kappa shape index (κ3) is 4.62. The molecule has 0 spiro atoms. The molecule has 2 aliphatic rings. The number of nitrogens with zero attached hydrogens (tertiary/aromatic N) is 4. The van der Waals surface area contributed by atoms with Crippen LogP contribution in [0.15, 0.2) is 17.9 Å². The number of carbonyl (C=O) groups is 1. The molecular formula is C19H22F3N5O2S. The van der Waals surface area contributed by atoms with Crippen LogP contribution in [0.3, 0.4) is 0 Å². The molecule has 7 nitrogen and oxygen atoms in total.